The van der Waals surface area contributed by atoms with Gasteiger partial charge in [-0.3, -0.25) is 9.52 Å². The Hall–Kier alpha value is -2.30. The number of carbonyl (C=O) groups is 1. The van der Waals surface area contributed by atoms with Crippen molar-refractivity contribution in [3.8, 4) is 5.75 Å². The summed E-state index contributed by atoms with van der Waals surface area (Å²) < 4.78 is 64.4. The molecule has 1 fully saturated rings. The molecule has 1 amide bonds. The van der Waals surface area contributed by atoms with Gasteiger partial charge in [-0.1, -0.05) is 31.0 Å². The van der Waals surface area contributed by atoms with E-state index in [-0.39, 0.29) is 29.6 Å². The molecule has 45 heavy (non-hydrogen) atoms. The van der Waals surface area contributed by atoms with Crippen molar-refractivity contribution in [2.75, 3.05) is 24.6 Å². The van der Waals surface area contributed by atoms with Crippen molar-refractivity contribution in [2.24, 2.45) is 23.7 Å². The zero-order valence-corrected chi connectivity index (χ0v) is 27.3. The number of rotatable bonds is 1. The van der Waals surface area contributed by atoms with Crippen molar-refractivity contribution in [3.63, 3.8) is 0 Å². The fourth-order valence-corrected chi connectivity index (χ4v) is 9.38. The monoisotopic (exact) mass is 666 g/mol. The second kappa shape index (κ2) is 12.7. The normalized spacial score (nSPS) is 33.1. The molecule has 11 heteroatoms. The number of aryl methyl sites for hydroxylation is 1. The lowest BCUT2D eigenvalue weighted by Gasteiger charge is -2.48. The summed E-state index contributed by atoms with van der Waals surface area (Å²) in [6, 6.07) is 11.2. The van der Waals surface area contributed by atoms with Crippen molar-refractivity contribution in [1.29, 1.82) is 0 Å². The average Bonchev–Trinajstić information content (AvgIpc) is 3.13. The van der Waals surface area contributed by atoms with Crippen LogP contribution >= 0.6 is 11.6 Å². The summed E-state index contributed by atoms with van der Waals surface area (Å²) in [7, 11) is -1.69. The van der Waals surface area contributed by atoms with Crippen LogP contribution < -0.4 is 14.4 Å². The third-order valence-corrected chi connectivity index (χ3v) is 12.8. The summed E-state index contributed by atoms with van der Waals surface area (Å²) >= 11 is 6.37. The number of hydrogen-bond donors (Lipinski definition) is 2. The first-order valence-corrected chi connectivity index (χ1v) is 17.7. The van der Waals surface area contributed by atoms with Gasteiger partial charge in [0.15, 0.2) is 6.10 Å². The number of anilines is 1. The van der Waals surface area contributed by atoms with Crippen LogP contribution in [0.3, 0.4) is 0 Å². The molecule has 0 saturated heterocycles. The zero-order chi connectivity index (χ0) is 32.1. The van der Waals surface area contributed by atoms with E-state index in [1.807, 2.05) is 19.1 Å². The van der Waals surface area contributed by atoms with Gasteiger partial charge in [-0.2, -0.15) is 13.2 Å². The smallest absolute Gasteiger partial charge is 0.414 e. The third-order valence-electron chi connectivity index (χ3n) is 11.1. The molecule has 4 aliphatic rings. The average molecular weight is 667 g/mol. The first-order valence-electron chi connectivity index (χ1n) is 16.1. The summed E-state index contributed by atoms with van der Waals surface area (Å²) in [6.45, 7) is 5.16. The van der Waals surface area contributed by atoms with Crippen molar-refractivity contribution >= 4 is 34.2 Å². The maximum absolute atomic E-state index is 14.0. The number of fused-ring (bicyclic) bond motifs is 4. The lowest BCUT2D eigenvalue weighted by atomic mass is 9.63. The Morgan fingerprint density at radius 1 is 1.11 bits per heavy atom. The third kappa shape index (κ3) is 6.48. The number of amides is 1. The predicted octanol–water partition coefficient (Wildman–Crippen LogP) is 6.98. The largest absolute Gasteiger partial charge is 0.490 e. The predicted molar refractivity (Wildman–Crippen MR) is 170 cm³/mol. The molecule has 8 atom stereocenters. The van der Waals surface area contributed by atoms with E-state index in [4.69, 9.17) is 16.3 Å². The van der Waals surface area contributed by atoms with Crippen LogP contribution in [-0.4, -0.2) is 52.4 Å². The molecule has 0 aromatic heterocycles. The molecule has 0 radical (unpaired) electrons. The molecule has 2 aliphatic heterocycles. The van der Waals surface area contributed by atoms with Crippen LogP contribution in [0.4, 0.5) is 18.9 Å². The summed E-state index contributed by atoms with van der Waals surface area (Å²) in [4.78, 5) is 15.6. The molecule has 6 rings (SSSR count). The summed E-state index contributed by atoms with van der Waals surface area (Å²) in [6.07, 6.45) is -1.71. The molecular formula is C34H42ClF3N2O4S. The zero-order valence-electron chi connectivity index (χ0n) is 25.7. The Morgan fingerprint density at radius 2 is 1.91 bits per heavy atom. The summed E-state index contributed by atoms with van der Waals surface area (Å²) in [5, 5.41) is 10.9. The standard InChI is InChI=1S/C34H42ClF3N2O4S/c1-20-5-3-7-27(31(41)34(36,37)38)26-11-8-24(26)17-40-18-33(14-4-6-22-15-25(35)10-12-28(22)33)19-44-30-13-9-23(16-29(30)40)32(42)39-45(43)21(20)2/h9-10,12-13,15-16,20-21,24,26-27,31,41H,3-8,11,14,17-19H2,1-2H3,(H,39,42)/t20?,21?,24?,26?,27?,31-,33-,45?/m0/s1. The fraction of sp³-hybridized carbons (Fsp3) is 0.618. The molecule has 2 aliphatic carbocycles. The van der Waals surface area contributed by atoms with E-state index in [1.165, 1.54) is 11.1 Å². The van der Waals surface area contributed by atoms with Crippen LogP contribution in [0.25, 0.3) is 0 Å². The maximum Gasteiger partial charge on any atom is 0.414 e. The number of halogens is 4. The van der Waals surface area contributed by atoms with Crippen LogP contribution in [-0.2, 0) is 22.8 Å². The van der Waals surface area contributed by atoms with E-state index in [9.17, 15) is 27.3 Å². The first kappa shape index (κ1) is 32.6. The molecule has 2 aromatic carbocycles. The SMILES string of the molecule is CC1CCCC([C@H](O)C(F)(F)F)C2CCC2CN2C[C@@]3(CCCc4cc(Cl)ccc43)COc3ccc(cc32)C(=O)NS(=O)C1C. The van der Waals surface area contributed by atoms with Crippen molar-refractivity contribution in [2.45, 2.75) is 88.2 Å². The second-order valence-corrected chi connectivity index (χ2v) is 15.8. The lowest BCUT2D eigenvalue weighted by Crippen LogP contribution is -2.51. The minimum Gasteiger partial charge on any atom is -0.490 e. The number of carbonyl (C=O) groups excluding carboxylic acids is 1. The number of alkyl halides is 3. The van der Waals surface area contributed by atoms with Crippen LogP contribution in [0, 0.1) is 23.7 Å². The van der Waals surface area contributed by atoms with Crippen LogP contribution in [0.15, 0.2) is 36.4 Å². The Bertz CT molecular complexity index is 1460. The van der Waals surface area contributed by atoms with Crippen molar-refractivity contribution < 1.29 is 32.0 Å². The van der Waals surface area contributed by atoms with Crippen LogP contribution in [0.5, 0.6) is 5.75 Å². The van der Waals surface area contributed by atoms with Gasteiger partial charge in [0.1, 0.15) is 16.7 Å². The molecule has 1 saturated carbocycles. The highest BCUT2D eigenvalue weighted by molar-refractivity contribution is 7.84. The summed E-state index contributed by atoms with van der Waals surface area (Å²) in [5.74, 6) is -1.18. The van der Waals surface area contributed by atoms with E-state index in [0.29, 0.717) is 61.0 Å². The number of nitrogens with one attached hydrogen (secondary N) is 1. The van der Waals surface area contributed by atoms with Crippen LogP contribution in [0.2, 0.25) is 5.02 Å². The summed E-state index contributed by atoms with van der Waals surface area (Å²) in [5.41, 5.74) is 3.03. The fourth-order valence-electron chi connectivity index (χ4n) is 8.14. The molecule has 246 valence electrons. The van der Waals surface area contributed by atoms with Gasteiger partial charge in [0.25, 0.3) is 5.91 Å². The van der Waals surface area contributed by atoms with Gasteiger partial charge in [-0.05, 0) is 117 Å². The Morgan fingerprint density at radius 3 is 2.64 bits per heavy atom. The number of benzene rings is 2. The lowest BCUT2D eigenvalue weighted by molar-refractivity contribution is -0.231. The van der Waals surface area contributed by atoms with Crippen molar-refractivity contribution in [1.82, 2.24) is 4.72 Å². The number of ether oxygens (including phenoxy) is 1. The first-order chi connectivity index (χ1) is 21.4. The Kier molecular flexibility index (Phi) is 9.22. The van der Waals surface area contributed by atoms with E-state index >= 15 is 0 Å². The quantitative estimate of drug-likeness (QED) is 0.344. The minimum absolute atomic E-state index is 0.0579. The number of nitrogens with zero attached hydrogens (tertiary/aromatic N) is 1. The van der Waals surface area contributed by atoms with Gasteiger partial charge < -0.3 is 14.7 Å². The van der Waals surface area contributed by atoms with Crippen molar-refractivity contribution in [3.05, 3.63) is 58.1 Å². The van der Waals surface area contributed by atoms with E-state index < -0.39 is 40.3 Å². The molecule has 1 spiro atoms. The molecule has 2 aromatic rings. The molecule has 2 N–H and O–H groups in total. The molecule has 2 heterocycles. The molecule has 6 nitrogen and oxygen atoms in total. The highest BCUT2D eigenvalue weighted by Crippen LogP contribution is 2.49. The Labute approximate surface area is 270 Å². The van der Waals surface area contributed by atoms with Gasteiger partial charge in [0.05, 0.1) is 17.5 Å². The molecular weight excluding hydrogens is 625 g/mol. The van der Waals surface area contributed by atoms with Crippen LogP contribution in [0.1, 0.15) is 80.3 Å². The highest BCUT2D eigenvalue weighted by atomic mass is 35.5. The van der Waals surface area contributed by atoms with Gasteiger partial charge in [0.2, 0.25) is 0 Å². The topological polar surface area (TPSA) is 78.9 Å². The second-order valence-electron chi connectivity index (χ2n) is 13.8. The van der Waals surface area contributed by atoms with E-state index in [1.54, 1.807) is 25.1 Å². The Balaban J connectivity index is 1.41. The van der Waals surface area contributed by atoms with Gasteiger partial charge in [-0.15, -0.1) is 0 Å². The van der Waals surface area contributed by atoms with E-state index in [2.05, 4.69) is 15.7 Å². The van der Waals surface area contributed by atoms with Gasteiger partial charge >= 0.3 is 6.18 Å². The maximum atomic E-state index is 14.0. The van der Waals surface area contributed by atoms with Gasteiger partial charge in [0, 0.05) is 29.1 Å². The number of aliphatic hydroxyl groups is 1. The van der Waals surface area contributed by atoms with Gasteiger partial charge in [-0.25, -0.2) is 4.21 Å². The number of hydrogen-bond acceptors (Lipinski definition) is 5. The molecule has 6 unspecified atom stereocenters. The molecule has 2 bridgehead atoms. The highest BCUT2D eigenvalue weighted by Gasteiger charge is 2.51. The van der Waals surface area contributed by atoms with E-state index in [0.717, 1.165) is 25.7 Å². The minimum atomic E-state index is -4.70. The number of aliphatic hydroxyl groups excluding tert-OH is 1.